The van der Waals surface area contributed by atoms with E-state index in [9.17, 15) is 40.5 Å². The Morgan fingerprint density at radius 1 is 0.871 bits per heavy atom. The van der Waals surface area contributed by atoms with Gasteiger partial charge in [-0.05, 0) is 24.3 Å². The second-order valence-corrected chi connectivity index (χ2v) is 7.30. The highest BCUT2D eigenvalue weighted by Crippen LogP contribution is 2.43. The molecule has 2 heterocycles. The lowest BCUT2D eigenvalue weighted by Crippen LogP contribution is -2.55. The first-order valence-corrected chi connectivity index (χ1v) is 9.35. The van der Waals surface area contributed by atoms with E-state index in [1.807, 2.05) is 0 Å². The van der Waals surface area contributed by atoms with Gasteiger partial charge in [0.15, 0.2) is 11.0 Å². The van der Waals surface area contributed by atoms with Crippen LogP contribution in [0.3, 0.4) is 0 Å². The van der Waals surface area contributed by atoms with Gasteiger partial charge < -0.3 is 44.9 Å². The summed E-state index contributed by atoms with van der Waals surface area (Å²) in [6, 6.07) is 7.69. The van der Waals surface area contributed by atoms with E-state index in [0.29, 0.717) is 5.56 Å². The van der Waals surface area contributed by atoms with Crippen molar-refractivity contribution >= 4 is 11.0 Å². The highest BCUT2D eigenvalue weighted by molar-refractivity contribution is 5.89. The molecule has 1 aliphatic rings. The van der Waals surface area contributed by atoms with E-state index in [-0.39, 0.29) is 28.0 Å². The largest absolute Gasteiger partial charge is 0.508 e. The highest BCUT2D eigenvalue weighted by atomic mass is 16.5. The van der Waals surface area contributed by atoms with Crippen molar-refractivity contribution in [3.63, 3.8) is 0 Å². The average molecular weight is 432 g/mol. The summed E-state index contributed by atoms with van der Waals surface area (Å²) in [4.78, 5) is 12.7. The summed E-state index contributed by atoms with van der Waals surface area (Å²) in [5, 5.41) is 70.0. The maximum absolute atomic E-state index is 12.7. The van der Waals surface area contributed by atoms with Gasteiger partial charge in [-0.3, -0.25) is 4.79 Å². The summed E-state index contributed by atoms with van der Waals surface area (Å²) >= 11 is 0. The molecule has 10 nitrogen and oxygen atoms in total. The molecule has 0 spiro atoms. The number of aromatic hydroxyl groups is 3. The lowest BCUT2D eigenvalue weighted by Gasteiger charge is -2.40. The molecule has 10 heteroatoms. The van der Waals surface area contributed by atoms with Crippen LogP contribution in [0, 0.1) is 0 Å². The molecule has 0 radical (unpaired) electrons. The average Bonchev–Trinajstić information content (AvgIpc) is 2.73. The van der Waals surface area contributed by atoms with E-state index in [0.717, 1.165) is 12.1 Å². The summed E-state index contributed by atoms with van der Waals surface area (Å²) in [6.07, 6.45) is -7.87. The summed E-state index contributed by atoms with van der Waals surface area (Å²) in [6.45, 7) is -0.694. The Balaban J connectivity index is 1.96. The molecule has 7 N–H and O–H groups in total. The molecule has 0 bridgehead atoms. The Kier molecular flexibility index (Phi) is 5.33. The lowest BCUT2D eigenvalue weighted by molar-refractivity contribution is -0.231. The number of hydrogen-bond acceptors (Lipinski definition) is 10. The molecule has 3 unspecified atom stereocenters. The van der Waals surface area contributed by atoms with E-state index >= 15 is 0 Å². The normalized spacial score (nSPS) is 26.3. The number of phenols is 3. The maximum Gasteiger partial charge on any atom is 0.197 e. The fourth-order valence-corrected chi connectivity index (χ4v) is 3.70. The van der Waals surface area contributed by atoms with Crippen molar-refractivity contribution in [1.82, 2.24) is 0 Å². The van der Waals surface area contributed by atoms with Crippen LogP contribution in [0.2, 0.25) is 0 Å². The number of aliphatic hydroxyl groups is 4. The lowest BCUT2D eigenvalue weighted by atomic mass is 9.89. The van der Waals surface area contributed by atoms with Crippen molar-refractivity contribution in [3.05, 3.63) is 52.2 Å². The third-order valence-corrected chi connectivity index (χ3v) is 5.33. The molecule has 31 heavy (non-hydrogen) atoms. The van der Waals surface area contributed by atoms with Crippen molar-refractivity contribution in [2.75, 3.05) is 6.61 Å². The molecule has 2 aromatic carbocycles. The molecule has 1 saturated heterocycles. The van der Waals surface area contributed by atoms with Gasteiger partial charge in [-0.15, -0.1) is 0 Å². The van der Waals surface area contributed by atoms with Crippen LogP contribution in [0.25, 0.3) is 22.3 Å². The molecule has 3 aromatic rings. The van der Waals surface area contributed by atoms with Crippen molar-refractivity contribution in [3.8, 4) is 28.6 Å². The van der Waals surface area contributed by atoms with E-state index in [2.05, 4.69) is 0 Å². The molecule has 1 aromatic heterocycles. The van der Waals surface area contributed by atoms with Crippen molar-refractivity contribution < 1.29 is 44.9 Å². The quantitative estimate of drug-likeness (QED) is 0.300. The van der Waals surface area contributed by atoms with Crippen LogP contribution in [0.5, 0.6) is 17.2 Å². The van der Waals surface area contributed by atoms with Gasteiger partial charge >= 0.3 is 0 Å². The Morgan fingerprint density at radius 2 is 1.55 bits per heavy atom. The molecule has 1 fully saturated rings. The zero-order valence-electron chi connectivity index (χ0n) is 15.9. The van der Waals surface area contributed by atoms with E-state index in [4.69, 9.17) is 9.15 Å². The number of rotatable bonds is 3. The van der Waals surface area contributed by atoms with Gasteiger partial charge in [0, 0.05) is 17.7 Å². The zero-order chi connectivity index (χ0) is 22.4. The molecule has 164 valence electrons. The smallest absolute Gasteiger partial charge is 0.197 e. The Morgan fingerprint density at radius 3 is 2.19 bits per heavy atom. The Labute approximate surface area is 174 Å². The fraction of sp³-hybridized carbons (Fsp3) is 0.286. The summed E-state index contributed by atoms with van der Waals surface area (Å²) in [7, 11) is 0. The van der Waals surface area contributed by atoms with Crippen LogP contribution in [0.1, 0.15) is 11.7 Å². The van der Waals surface area contributed by atoms with E-state index in [1.54, 1.807) is 0 Å². The van der Waals surface area contributed by atoms with Crippen molar-refractivity contribution in [2.24, 2.45) is 0 Å². The third-order valence-electron chi connectivity index (χ3n) is 5.33. The summed E-state index contributed by atoms with van der Waals surface area (Å²) in [5.41, 5.74) is -0.813. The molecule has 4 rings (SSSR count). The zero-order valence-corrected chi connectivity index (χ0v) is 15.9. The molecule has 0 aliphatic carbocycles. The topological polar surface area (TPSA) is 181 Å². The van der Waals surface area contributed by atoms with Crippen LogP contribution >= 0.6 is 0 Å². The van der Waals surface area contributed by atoms with E-state index in [1.165, 1.54) is 24.3 Å². The number of phenolic OH excluding ortho intramolecular Hbond substituents is 3. The first kappa shape index (κ1) is 21.1. The molecule has 5 atom stereocenters. The van der Waals surface area contributed by atoms with Crippen LogP contribution in [0.15, 0.2) is 45.6 Å². The number of hydrogen-bond donors (Lipinski definition) is 7. The predicted octanol–water partition coefficient (Wildman–Crippen LogP) is 0.0917. The third kappa shape index (κ3) is 3.50. The summed E-state index contributed by atoms with van der Waals surface area (Å²) in [5.74, 6) is -1.15. The minimum absolute atomic E-state index is 0.0100. The second-order valence-electron chi connectivity index (χ2n) is 7.30. The molecule has 0 amide bonds. The number of ether oxygens (including phenoxy) is 1. The molecule has 1 aliphatic heterocycles. The molecule has 0 saturated carbocycles. The minimum atomic E-state index is -1.75. The van der Waals surface area contributed by atoms with Crippen LogP contribution < -0.4 is 5.43 Å². The van der Waals surface area contributed by atoms with Gasteiger partial charge in [0.25, 0.3) is 0 Å². The van der Waals surface area contributed by atoms with E-state index < -0.39 is 54.1 Å². The first-order valence-electron chi connectivity index (χ1n) is 9.35. The monoisotopic (exact) mass is 432 g/mol. The highest BCUT2D eigenvalue weighted by Gasteiger charge is 2.46. The van der Waals surface area contributed by atoms with Crippen LogP contribution in [-0.4, -0.2) is 66.8 Å². The number of benzene rings is 2. The van der Waals surface area contributed by atoms with Crippen molar-refractivity contribution in [2.45, 2.75) is 30.5 Å². The van der Waals surface area contributed by atoms with Gasteiger partial charge in [0.2, 0.25) is 0 Å². The molecular weight excluding hydrogens is 412 g/mol. The van der Waals surface area contributed by atoms with Gasteiger partial charge in [-0.2, -0.15) is 0 Å². The summed E-state index contributed by atoms with van der Waals surface area (Å²) < 4.78 is 11.3. The Bertz CT molecular complexity index is 1170. The maximum atomic E-state index is 12.7. The van der Waals surface area contributed by atoms with Crippen LogP contribution in [-0.2, 0) is 4.74 Å². The van der Waals surface area contributed by atoms with Crippen molar-refractivity contribution in [1.29, 1.82) is 0 Å². The SMILES string of the molecule is O=c1cc(-c2ccc(O)cc2)oc2c(C3OC(CO)C(O)[C@@H](O)[C@H]3O)c(O)cc(O)c12. The van der Waals surface area contributed by atoms with Gasteiger partial charge in [-0.1, -0.05) is 0 Å². The first-order chi connectivity index (χ1) is 14.7. The van der Waals surface area contributed by atoms with Gasteiger partial charge in [0.1, 0.15) is 58.9 Å². The molecular formula is C21H20O10. The Hall–Kier alpha value is -3.15. The van der Waals surface area contributed by atoms with Gasteiger partial charge in [0.05, 0.1) is 12.2 Å². The standard InChI is InChI=1S/C21H20O10/c22-7-14-17(27)18(28)19(29)21(31-14)16-11(25)5-10(24)15-12(26)6-13(30-20(15)16)8-1-3-9(23)4-2-8/h1-6,14,17-19,21-25,27-29H,7H2/t14?,17?,18-,19-,21?/m1/s1. The fourth-order valence-electron chi connectivity index (χ4n) is 3.70. The number of fused-ring (bicyclic) bond motifs is 1. The van der Waals surface area contributed by atoms with Crippen LogP contribution in [0.4, 0.5) is 0 Å². The predicted molar refractivity (Wildman–Crippen MR) is 106 cm³/mol. The van der Waals surface area contributed by atoms with Gasteiger partial charge in [-0.25, -0.2) is 0 Å². The number of aliphatic hydroxyl groups excluding tert-OH is 4. The second kappa shape index (κ2) is 7.84. The minimum Gasteiger partial charge on any atom is -0.508 e.